The summed E-state index contributed by atoms with van der Waals surface area (Å²) in [6, 6.07) is 18.8. The minimum absolute atomic E-state index is 0.140. The van der Waals surface area contributed by atoms with E-state index in [-0.39, 0.29) is 11.5 Å². The summed E-state index contributed by atoms with van der Waals surface area (Å²) in [7, 11) is 0. The molecular formula is C24H24N4O2+2. The molecule has 5 N–H and O–H groups in total. The highest BCUT2D eigenvalue weighted by atomic mass is 16.5. The summed E-state index contributed by atoms with van der Waals surface area (Å²) in [6.07, 6.45) is 1.60. The summed E-state index contributed by atoms with van der Waals surface area (Å²) < 4.78 is 5.29. The molecule has 1 saturated heterocycles. The van der Waals surface area contributed by atoms with Gasteiger partial charge in [-0.05, 0) is 48.9 Å². The topological polar surface area (TPSA) is 105 Å². The zero-order valence-electron chi connectivity index (χ0n) is 16.8. The van der Waals surface area contributed by atoms with Crippen LogP contribution in [-0.4, -0.2) is 35.5 Å². The number of ketones is 1. The van der Waals surface area contributed by atoms with Crippen LogP contribution in [0.4, 0.5) is 5.69 Å². The van der Waals surface area contributed by atoms with E-state index in [4.69, 9.17) is 15.9 Å². The van der Waals surface area contributed by atoms with Gasteiger partial charge in [-0.1, -0.05) is 24.3 Å². The van der Waals surface area contributed by atoms with E-state index in [1.165, 1.54) is 5.56 Å². The molecule has 6 nitrogen and oxygen atoms in total. The summed E-state index contributed by atoms with van der Waals surface area (Å²) in [5, 5.41) is 6.28. The van der Waals surface area contributed by atoms with Crippen LogP contribution >= 0.6 is 0 Å². The van der Waals surface area contributed by atoms with Crippen LogP contribution < -0.4 is 16.1 Å². The Bertz CT molecular complexity index is 1150. The van der Waals surface area contributed by atoms with Gasteiger partial charge in [0.25, 0.3) is 17.3 Å². The number of nitrogens with two attached hydrogens (primary N) is 2. The minimum Gasteiger partial charge on any atom is -0.380 e. The zero-order chi connectivity index (χ0) is 21.1. The largest absolute Gasteiger partial charge is 0.380 e. The summed E-state index contributed by atoms with van der Waals surface area (Å²) in [4.78, 5) is 20.3. The average molecular weight is 400 g/mol. The third kappa shape index (κ3) is 4.04. The molecule has 150 valence electrons. The Morgan fingerprint density at radius 1 is 1.10 bits per heavy atom. The lowest BCUT2D eigenvalue weighted by atomic mass is 9.96. The Hall–Kier alpha value is -3.64. The number of Topliss-reactive ketones (excluding diaryl/α,β-unsaturated/α-hetero) is 1. The fourth-order valence-electron chi connectivity index (χ4n) is 3.44. The number of ether oxygens (including phenoxy) is 1. The first-order valence-electron chi connectivity index (χ1n) is 9.79. The Morgan fingerprint density at radius 3 is 2.57 bits per heavy atom. The zero-order valence-corrected chi connectivity index (χ0v) is 16.8. The van der Waals surface area contributed by atoms with Crippen molar-refractivity contribution in [1.29, 1.82) is 0 Å². The van der Waals surface area contributed by atoms with Gasteiger partial charge >= 0.3 is 0 Å². The Labute approximate surface area is 175 Å². The molecule has 2 aromatic carbocycles. The maximum Gasteiger partial charge on any atom is 0.278 e. The Morgan fingerprint density at radius 2 is 1.87 bits per heavy atom. The highest BCUT2D eigenvalue weighted by Gasteiger charge is 2.25. The van der Waals surface area contributed by atoms with Crippen molar-refractivity contribution in [2.75, 3.05) is 13.2 Å². The maximum absolute atomic E-state index is 12.9. The van der Waals surface area contributed by atoms with Gasteiger partial charge in [-0.15, -0.1) is 0 Å². The third-order valence-electron chi connectivity index (χ3n) is 5.19. The van der Waals surface area contributed by atoms with Gasteiger partial charge in [0.1, 0.15) is 5.69 Å². The summed E-state index contributed by atoms with van der Waals surface area (Å²) in [6.45, 7) is 3.32. The number of aryl methyl sites for hydroxylation is 1. The number of aromatic nitrogens is 1. The molecule has 30 heavy (non-hydrogen) atoms. The highest BCUT2D eigenvalue weighted by Crippen LogP contribution is 2.24. The molecule has 1 fully saturated rings. The molecule has 0 unspecified atom stereocenters. The molecule has 0 atom stereocenters. The number of carbonyl (C=O) groups excluding carboxylic acids is 1. The predicted molar refractivity (Wildman–Crippen MR) is 115 cm³/mol. The van der Waals surface area contributed by atoms with E-state index in [1.807, 2.05) is 37.3 Å². The van der Waals surface area contributed by atoms with Crippen LogP contribution in [0.1, 0.15) is 38.7 Å². The molecule has 6 heteroatoms. The molecule has 0 radical (unpaired) electrons. The number of rotatable bonds is 6. The first-order valence-corrected chi connectivity index (χ1v) is 9.79. The van der Waals surface area contributed by atoms with E-state index in [2.05, 4.69) is 22.1 Å². The molecule has 1 aromatic heterocycles. The van der Waals surface area contributed by atoms with Crippen molar-refractivity contribution in [2.24, 2.45) is 5.73 Å². The molecule has 0 amide bonds. The quantitative estimate of drug-likeness (QED) is 0.309. The Balaban J connectivity index is 1.65. The SMILES string of the molecule is Cc1cc(C(=O)C(=[NH2+])c2ccccc2C(N)=[NH+]c2cccc(C3COC3)c2)ccn1. The lowest BCUT2D eigenvalue weighted by molar-refractivity contribution is -0.354. The van der Waals surface area contributed by atoms with Gasteiger partial charge in [-0.3, -0.25) is 20.9 Å². The van der Waals surface area contributed by atoms with Crippen LogP contribution in [0, 0.1) is 6.92 Å². The van der Waals surface area contributed by atoms with Crippen LogP contribution in [0.3, 0.4) is 0 Å². The van der Waals surface area contributed by atoms with Crippen LogP contribution in [0.2, 0.25) is 0 Å². The molecule has 1 aliphatic rings. The smallest absolute Gasteiger partial charge is 0.278 e. The van der Waals surface area contributed by atoms with Crippen molar-refractivity contribution in [3.8, 4) is 0 Å². The molecule has 4 rings (SSSR count). The molecule has 3 aromatic rings. The second-order valence-corrected chi connectivity index (χ2v) is 7.37. The van der Waals surface area contributed by atoms with E-state index < -0.39 is 0 Å². The molecule has 0 spiro atoms. The number of hydrogen-bond acceptors (Lipinski definition) is 3. The van der Waals surface area contributed by atoms with Gasteiger partial charge in [0.2, 0.25) is 0 Å². The minimum atomic E-state index is -0.257. The molecule has 2 heterocycles. The van der Waals surface area contributed by atoms with Crippen molar-refractivity contribution in [2.45, 2.75) is 12.8 Å². The van der Waals surface area contributed by atoms with Gasteiger partial charge in [0.15, 0.2) is 0 Å². The van der Waals surface area contributed by atoms with Gasteiger partial charge in [0, 0.05) is 23.4 Å². The third-order valence-corrected chi connectivity index (χ3v) is 5.19. The maximum atomic E-state index is 12.9. The summed E-state index contributed by atoms with van der Waals surface area (Å²) >= 11 is 0. The lowest BCUT2D eigenvalue weighted by Gasteiger charge is -2.26. The number of nitrogens with zero attached hydrogens (tertiary/aromatic N) is 1. The molecule has 0 bridgehead atoms. The van der Waals surface area contributed by atoms with E-state index in [1.54, 1.807) is 24.4 Å². The number of nitrogens with one attached hydrogen (secondary N) is 1. The van der Waals surface area contributed by atoms with Crippen molar-refractivity contribution >= 4 is 23.0 Å². The molecular weight excluding hydrogens is 376 g/mol. The monoisotopic (exact) mass is 400 g/mol. The van der Waals surface area contributed by atoms with Gasteiger partial charge in [-0.25, -0.2) is 4.99 Å². The lowest BCUT2D eigenvalue weighted by Crippen LogP contribution is -2.70. The van der Waals surface area contributed by atoms with Crippen LogP contribution in [0.15, 0.2) is 66.9 Å². The van der Waals surface area contributed by atoms with Gasteiger partial charge in [-0.2, -0.15) is 0 Å². The van der Waals surface area contributed by atoms with E-state index in [9.17, 15) is 4.79 Å². The molecule has 0 aliphatic carbocycles. The van der Waals surface area contributed by atoms with Gasteiger partial charge < -0.3 is 4.74 Å². The average Bonchev–Trinajstić information content (AvgIpc) is 2.72. The normalized spacial score (nSPS) is 14.2. The summed E-state index contributed by atoms with van der Waals surface area (Å²) in [5.74, 6) is 0.590. The fraction of sp³-hybridized carbons (Fsp3) is 0.167. The van der Waals surface area contributed by atoms with E-state index >= 15 is 0 Å². The number of nitrogen functional groups attached to an aromatic ring is 1. The van der Waals surface area contributed by atoms with Crippen molar-refractivity contribution in [3.05, 3.63) is 94.8 Å². The number of hydrogen-bond donors (Lipinski definition) is 3. The number of carbonyl (C=O) groups is 1. The summed E-state index contributed by atoms with van der Waals surface area (Å²) in [5.41, 5.74) is 11.1. The van der Waals surface area contributed by atoms with E-state index in [0.29, 0.717) is 28.4 Å². The van der Waals surface area contributed by atoms with Crippen molar-refractivity contribution in [3.63, 3.8) is 0 Å². The predicted octanol–water partition coefficient (Wildman–Crippen LogP) is 0.0525. The van der Waals surface area contributed by atoms with Crippen molar-refractivity contribution < 1.29 is 19.9 Å². The van der Waals surface area contributed by atoms with Gasteiger partial charge in [0.05, 0.1) is 24.3 Å². The second kappa shape index (κ2) is 8.39. The standard InChI is InChI=1S/C24H22N4O2/c1-15-11-17(9-10-27-15)23(29)22(25)20-7-2-3-8-21(20)24(26)28-19-6-4-5-16(12-19)18-13-30-14-18/h2-12,18,25H,13-14H2,1H3,(H2,26,28)/p+2. The van der Waals surface area contributed by atoms with Crippen LogP contribution in [-0.2, 0) is 4.74 Å². The Kier molecular flexibility index (Phi) is 5.50. The number of amidine groups is 1. The molecule has 0 saturated carbocycles. The second-order valence-electron chi connectivity index (χ2n) is 7.37. The van der Waals surface area contributed by atoms with Crippen LogP contribution in [0.5, 0.6) is 0 Å². The highest BCUT2D eigenvalue weighted by molar-refractivity contribution is 6.50. The first kappa shape index (κ1) is 19.7. The fourth-order valence-corrected chi connectivity index (χ4v) is 3.44. The van der Waals surface area contributed by atoms with Crippen molar-refractivity contribution in [1.82, 2.24) is 4.98 Å². The molecule has 1 aliphatic heterocycles. The number of pyridine rings is 1. The van der Waals surface area contributed by atoms with E-state index in [0.717, 1.165) is 24.6 Å². The first-order chi connectivity index (χ1) is 14.5. The van der Waals surface area contributed by atoms with Crippen LogP contribution in [0.25, 0.3) is 0 Å². The number of benzene rings is 2.